The van der Waals surface area contributed by atoms with Gasteiger partial charge in [0.25, 0.3) is 0 Å². The SMILES string of the molecule is O=Cc1cn(-c2ccccc2F)nc1-c1nccs1. The zero-order chi connectivity index (χ0) is 13.2. The molecule has 0 amide bonds. The second kappa shape index (κ2) is 4.74. The third-order valence-electron chi connectivity index (χ3n) is 2.60. The molecule has 0 aliphatic heterocycles. The molecule has 0 saturated carbocycles. The Kier molecular flexibility index (Phi) is 2.92. The highest BCUT2D eigenvalue weighted by molar-refractivity contribution is 7.13. The van der Waals surface area contributed by atoms with Gasteiger partial charge in [-0.15, -0.1) is 11.3 Å². The molecular weight excluding hydrogens is 265 g/mol. The van der Waals surface area contributed by atoms with Crippen LogP contribution in [-0.4, -0.2) is 21.1 Å². The molecular formula is C13H8FN3OS. The fourth-order valence-corrected chi connectivity index (χ4v) is 2.38. The number of carbonyl (C=O) groups excluding carboxylic acids is 1. The maximum Gasteiger partial charge on any atom is 0.153 e. The third-order valence-corrected chi connectivity index (χ3v) is 3.38. The van der Waals surface area contributed by atoms with Gasteiger partial charge in [0.1, 0.15) is 22.2 Å². The van der Waals surface area contributed by atoms with Crippen LogP contribution in [0.2, 0.25) is 0 Å². The highest BCUT2D eigenvalue weighted by atomic mass is 32.1. The summed E-state index contributed by atoms with van der Waals surface area (Å²) >= 11 is 1.38. The molecule has 19 heavy (non-hydrogen) atoms. The summed E-state index contributed by atoms with van der Waals surface area (Å²) < 4.78 is 15.1. The number of hydrogen-bond acceptors (Lipinski definition) is 4. The van der Waals surface area contributed by atoms with E-state index in [2.05, 4.69) is 10.1 Å². The topological polar surface area (TPSA) is 47.8 Å². The Hall–Kier alpha value is -2.34. The lowest BCUT2D eigenvalue weighted by Gasteiger charge is -2.01. The Morgan fingerprint density at radius 2 is 2.16 bits per heavy atom. The zero-order valence-corrected chi connectivity index (χ0v) is 10.5. The van der Waals surface area contributed by atoms with Crippen molar-refractivity contribution in [3.8, 4) is 16.4 Å². The molecule has 6 heteroatoms. The van der Waals surface area contributed by atoms with Crippen molar-refractivity contribution in [3.05, 3.63) is 53.4 Å². The van der Waals surface area contributed by atoms with E-state index < -0.39 is 5.82 Å². The first-order chi connectivity index (χ1) is 9.29. The first-order valence-electron chi connectivity index (χ1n) is 5.49. The van der Waals surface area contributed by atoms with Gasteiger partial charge in [-0.25, -0.2) is 14.1 Å². The maximum atomic E-state index is 13.7. The Morgan fingerprint density at radius 1 is 1.32 bits per heavy atom. The molecule has 0 fully saturated rings. The van der Waals surface area contributed by atoms with Gasteiger partial charge in [0, 0.05) is 17.8 Å². The Labute approximate surface area is 112 Å². The fraction of sp³-hybridized carbons (Fsp3) is 0. The van der Waals surface area contributed by atoms with Crippen LogP contribution < -0.4 is 0 Å². The van der Waals surface area contributed by atoms with Gasteiger partial charge >= 0.3 is 0 Å². The molecule has 0 bridgehead atoms. The Bertz CT molecular complexity index is 721. The van der Waals surface area contributed by atoms with E-state index in [9.17, 15) is 9.18 Å². The summed E-state index contributed by atoms with van der Waals surface area (Å²) in [6, 6.07) is 6.26. The van der Waals surface area contributed by atoms with Crippen LogP contribution in [-0.2, 0) is 0 Å². The average molecular weight is 273 g/mol. The smallest absolute Gasteiger partial charge is 0.153 e. The first kappa shape index (κ1) is 11.7. The number of carbonyl (C=O) groups is 1. The van der Waals surface area contributed by atoms with Crippen LogP contribution in [0.3, 0.4) is 0 Å². The number of rotatable bonds is 3. The van der Waals surface area contributed by atoms with E-state index in [4.69, 9.17) is 0 Å². The van der Waals surface area contributed by atoms with Crippen LogP contribution in [0.4, 0.5) is 4.39 Å². The highest BCUT2D eigenvalue weighted by Crippen LogP contribution is 2.24. The average Bonchev–Trinajstić information content (AvgIpc) is 3.08. The van der Waals surface area contributed by atoms with Gasteiger partial charge in [-0.1, -0.05) is 12.1 Å². The molecule has 3 rings (SSSR count). The monoisotopic (exact) mass is 273 g/mol. The minimum absolute atomic E-state index is 0.299. The van der Waals surface area contributed by atoms with Crippen LogP contribution in [0.15, 0.2) is 42.0 Å². The number of para-hydroxylation sites is 1. The number of benzene rings is 1. The minimum atomic E-state index is -0.395. The molecule has 94 valence electrons. The summed E-state index contributed by atoms with van der Waals surface area (Å²) in [5.74, 6) is -0.395. The van der Waals surface area contributed by atoms with Gasteiger partial charge in [-0.3, -0.25) is 4.79 Å². The van der Waals surface area contributed by atoms with E-state index >= 15 is 0 Å². The van der Waals surface area contributed by atoms with Gasteiger partial charge in [-0.05, 0) is 12.1 Å². The van der Waals surface area contributed by atoms with Crippen molar-refractivity contribution in [2.75, 3.05) is 0 Å². The largest absolute Gasteiger partial charge is 0.298 e. The van der Waals surface area contributed by atoms with Crippen LogP contribution in [0.25, 0.3) is 16.4 Å². The number of halogens is 1. The number of thiazole rings is 1. The Balaban J connectivity index is 2.15. The lowest BCUT2D eigenvalue weighted by Crippen LogP contribution is -1.97. The highest BCUT2D eigenvalue weighted by Gasteiger charge is 2.15. The summed E-state index contributed by atoms with van der Waals surface area (Å²) in [7, 11) is 0. The van der Waals surface area contributed by atoms with Crippen molar-refractivity contribution >= 4 is 17.6 Å². The van der Waals surface area contributed by atoms with E-state index in [0.29, 0.717) is 28.2 Å². The van der Waals surface area contributed by atoms with E-state index in [-0.39, 0.29) is 0 Å². The van der Waals surface area contributed by atoms with Crippen molar-refractivity contribution in [3.63, 3.8) is 0 Å². The molecule has 2 heterocycles. The molecule has 2 aromatic heterocycles. The molecule has 1 aromatic carbocycles. The summed E-state index contributed by atoms with van der Waals surface area (Å²) in [5, 5.41) is 6.68. The Morgan fingerprint density at radius 3 is 2.84 bits per heavy atom. The van der Waals surface area contributed by atoms with Crippen LogP contribution in [0.1, 0.15) is 10.4 Å². The summed E-state index contributed by atoms with van der Waals surface area (Å²) in [5.41, 5.74) is 1.15. The molecule has 3 aromatic rings. The molecule has 0 aliphatic rings. The van der Waals surface area contributed by atoms with Gasteiger partial charge in [0.2, 0.25) is 0 Å². The lowest BCUT2D eigenvalue weighted by atomic mass is 10.3. The first-order valence-corrected chi connectivity index (χ1v) is 6.37. The van der Waals surface area contributed by atoms with Gasteiger partial charge in [0.15, 0.2) is 6.29 Å². The van der Waals surface area contributed by atoms with Crippen molar-refractivity contribution < 1.29 is 9.18 Å². The molecule has 0 atom stereocenters. The standard InChI is InChI=1S/C13H8FN3OS/c14-10-3-1-2-4-11(10)17-7-9(8-18)12(16-17)13-15-5-6-19-13/h1-8H. The van der Waals surface area contributed by atoms with Crippen LogP contribution in [0.5, 0.6) is 0 Å². The fourth-order valence-electron chi connectivity index (χ4n) is 1.74. The second-order valence-corrected chi connectivity index (χ2v) is 4.68. The predicted molar refractivity (Wildman–Crippen MR) is 70.0 cm³/mol. The quantitative estimate of drug-likeness (QED) is 0.689. The third kappa shape index (κ3) is 2.06. The summed E-state index contributed by atoms with van der Waals surface area (Å²) in [4.78, 5) is 15.2. The number of aromatic nitrogens is 3. The van der Waals surface area contributed by atoms with E-state index in [1.54, 1.807) is 29.8 Å². The maximum absolute atomic E-state index is 13.7. The van der Waals surface area contributed by atoms with Crippen LogP contribution in [0, 0.1) is 5.82 Å². The normalized spacial score (nSPS) is 10.6. The number of nitrogens with zero attached hydrogens (tertiary/aromatic N) is 3. The van der Waals surface area contributed by atoms with Gasteiger partial charge in [0.05, 0.1) is 5.56 Å². The minimum Gasteiger partial charge on any atom is -0.298 e. The molecule has 0 N–H and O–H groups in total. The molecule has 4 nitrogen and oxygen atoms in total. The van der Waals surface area contributed by atoms with Crippen LogP contribution >= 0.6 is 11.3 Å². The van der Waals surface area contributed by atoms with Crippen molar-refractivity contribution in [2.45, 2.75) is 0 Å². The summed E-state index contributed by atoms with van der Waals surface area (Å²) in [6.45, 7) is 0. The molecule has 0 spiro atoms. The second-order valence-electron chi connectivity index (χ2n) is 3.78. The lowest BCUT2D eigenvalue weighted by molar-refractivity contribution is 0.112. The van der Waals surface area contributed by atoms with Crippen molar-refractivity contribution in [1.82, 2.24) is 14.8 Å². The van der Waals surface area contributed by atoms with Gasteiger partial charge in [-0.2, -0.15) is 5.10 Å². The van der Waals surface area contributed by atoms with E-state index in [1.807, 2.05) is 0 Å². The number of aldehydes is 1. The molecule has 0 aliphatic carbocycles. The predicted octanol–water partition coefficient (Wildman–Crippen LogP) is 2.95. The van der Waals surface area contributed by atoms with Crippen molar-refractivity contribution in [2.24, 2.45) is 0 Å². The van der Waals surface area contributed by atoms with Gasteiger partial charge < -0.3 is 0 Å². The summed E-state index contributed by atoms with van der Waals surface area (Å²) in [6.07, 6.45) is 3.83. The van der Waals surface area contributed by atoms with E-state index in [0.717, 1.165) is 0 Å². The number of hydrogen-bond donors (Lipinski definition) is 0. The van der Waals surface area contributed by atoms with Crippen molar-refractivity contribution in [1.29, 1.82) is 0 Å². The zero-order valence-electron chi connectivity index (χ0n) is 9.65. The van der Waals surface area contributed by atoms with E-state index in [1.165, 1.54) is 28.3 Å². The molecule has 0 saturated heterocycles. The molecule has 0 radical (unpaired) electrons. The molecule has 0 unspecified atom stereocenters.